The van der Waals surface area contributed by atoms with Crippen molar-refractivity contribution in [3.05, 3.63) is 106 Å². The van der Waals surface area contributed by atoms with Gasteiger partial charge in [-0.05, 0) is 86.2 Å². The van der Waals surface area contributed by atoms with E-state index in [1.807, 2.05) is 74.5 Å². The van der Waals surface area contributed by atoms with Crippen LogP contribution in [0.15, 0.2) is 72.9 Å². The van der Waals surface area contributed by atoms with Gasteiger partial charge in [-0.2, -0.15) is 0 Å². The highest BCUT2D eigenvalue weighted by Gasteiger charge is 2.42. The Balaban J connectivity index is 1.62. The predicted molar refractivity (Wildman–Crippen MR) is 163 cm³/mol. The van der Waals surface area contributed by atoms with Gasteiger partial charge >= 0.3 is 0 Å². The van der Waals surface area contributed by atoms with Gasteiger partial charge in [0.2, 0.25) is 5.91 Å². The van der Waals surface area contributed by atoms with Gasteiger partial charge in [0.1, 0.15) is 0 Å². The van der Waals surface area contributed by atoms with E-state index in [4.69, 9.17) is 35.4 Å². The molecule has 0 unspecified atom stereocenters. The molecule has 2 atom stereocenters. The van der Waals surface area contributed by atoms with Gasteiger partial charge in [-0.15, -0.1) is 0 Å². The lowest BCUT2D eigenvalue weighted by atomic mass is 9.96. The molecule has 0 saturated carbocycles. The number of amides is 1. The predicted octanol–water partition coefficient (Wildman–Crippen LogP) is 7.57. The van der Waals surface area contributed by atoms with E-state index in [9.17, 15) is 4.79 Å². The van der Waals surface area contributed by atoms with E-state index >= 15 is 0 Å². The maximum atomic E-state index is 12.3. The summed E-state index contributed by atoms with van der Waals surface area (Å²) >= 11 is 18.9. The molecule has 1 fully saturated rings. The normalized spacial score (nSPS) is 17.0. The molecule has 39 heavy (non-hydrogen) atoms. The molecule has 5 rings (SSSR count). The first-order chi connectivity index (χ1) is 18.7. The molecular weight excluding hydrogens is 549 g/mol. The van der Waals surface area contributed by atoms with Gasteiger partial charge in [0, 0.05) is 39.9 Å². The number of benzene rings is 2. The molecule has 1 saturated heterocycles. The van der Waals surface area contributed by atoms with Crippen molar-refractivity contribution < 1.29 is 4.79 Å². The molecule has 1 amide bonds. The third-order valence-corrected chi connectivity index (χ3v) is 7.83. The van der Waals surface area contributed by atoms with Crippen LogP contribution in [0.5, 0.6) is 0 Å². The van der Waals surface area contributed by atoms with Crippen LogP contribution in [0, 0.1) is 19.8 Å². The Kier molecular flexibility index (Phi) is 7.67. The Hall–Kier alpha value is -3.39. The number of carbonyl (C=O) groups is 1. The van der Waals surface area contributed by atoms with Crippen molar-refractivity contribution >= 4 is 57.8 Å². The fraction of sp³-hybridized carbons (Fsp3) is 0.233. The molecule has 200 valence electrons. The fourth-order valence-corrected chi connectivity index (χ4v) is 5.83. The van der Waals surface area contributed by atoms with Crippen molar-refractivity contribution in [2.75, 3.05) is 10.2 Å². The van der Waals surface area contributed by atoms with Gasteiger partial charge in [-0.25, -0.2) is 0 Å². The zero-order valence-electron chi connectivity index (χ0n) is 22.1. The minimum absolute atomic E-state index is 0.0930. The Bertz CT molecular complexity index is 1550. The molecule has 0 spiro atoms. The van der Waals surface area contributed by atoms with Crippen molar-refractivity contribution in [2.45, 2.75) is 39.8 Å². The smallest absolute Gasteiger partial charge is 0.226 e. The van der Waals surface area contributed by atoms with Crippen LogP contribution in [-0.4, -0.2) is 20.6 Å². The number of hydrogen-bond donors (Lipinski definition) is 2. The molecule has 4 aromatic rings. The summed E-state index contributed by atoms with van der Waals surface area (Å²) in [7, 11) is 0. The van der Waals surface area contributed by atoms with E-state index in [-0.39, 0.29) is 23.9 Å². The quantitative estimate of drug-likeness (QED) is 0.231. The standard InChI is InChI=1S/C30H29Cl2N5OS/c1-17(2)29(38)34-25-12-11-22(16-24(25)32)37-28(27(35-30(37)39)26-10-5-6-13-33-26)23-14-18(3)36(19(23)4)21-9-7-8-20(31)15-21/h5-17,27-28H,1-4H3,(H,34,38)(H,35,39)/t27-,28+/m1/s1. The van der Waals surface area contributed by atoms with Crippen LogP contribution in [0.3, 0.4) is 0 Å². The number of aryl methyl sites for hydroxylation is 1. The maximum Gasteiger partial charge on any atom is 0.226 e. The SMILES string of the molecule is Cc1cc([C@H]2[C@@H](c3ccccn3)NC(=S)N2c2ccc(NC(=O)C(C)C)c(Cl)c2)c(C)n1-c1cccc(Cl)c1. The summed E-state index contributed by atoms with van der Waals surface area (Å²) in [5.74, 6) is -0.251. The third kappa shape index (κ3) is 5.26. The Labute approximate surface area is 244 Å². The number of carbonyl (C=O) groups excluding carboxylic acids is 1. The monoisotopic (exact) mass is 577 g/mol. The third-order valence-electron chi connectivity index (χ3n) is 6.97. The van der Waals surface area contributed by atoms with E-state index < -0.39 is 0 Å². The lowest BCUT2D eigenvalue weighted by Crippen LogP contribution is -2.29. The highest BCUT2D eigenvalue weighted by molar-refractivity contribution is 7.80. The largest absolute Gasteiger partial charge is 0.351 e. The van der Waals surface area contributed by atoms with Crippen LogP contribution >= 0.6 is 35.4 Å². The number of rotatable bonds is 6. The van der Waals surface area contributed by atoms with Crippen LogP contribution < -0.4 is 15.5 Å². The highest BCUT2D eigenvalue weighted by atomic mass is 35.5. The first-order valence-electron chi connectivity index (χ1n) is 12.7. The molecule has 0 aliphatic carbocycles. The number of nitrogens with one attached hydrogen (secondary N) is 2. The van der Waals surface area contributed by atoms with Crippen LogP contribution in [0.2, 0.25) is 10.0 Å². The van der Waals surface area contributed by atoms with Crippen molar-refractivity contribution in [1.82, 2.24) is 14.9 Å². The number of halogens is 2. The topological polar surface area (TPSA) is 62.2 Å². The van der Waals surface area contributed by atoms with Crippen LogP contribution in [0.4, 0.5) is 11.4 Å². The lowest BCUT2D eigenvalue weighted by molar-refractivity contribution is -0.118. The zero-order valence-corrected chi connectivity index (χ0v) is 24.4. The van der Waals surface area contributed by atoms with Crippen molar-refractivity contribution in [3.8, 4) is 5.69 Å². The zero-order chi connectivity index (χ0) is 27.8. The summed E-state index contributed by atoms with van der Waals surface area (Å²) in [5, 5.41) is 8.09. The van der Waals surface area contributed by atoms with E-state index in [0.717, 1.165) is 34.0 Å². The van der Waals surface area contributed by atoms with Gasteiger partial charge in [0.25, 0.3) is 0 Å². The second-order valence-electron chi connectivity index (χ2n) is 9.95. The average molecular weight is 579 g/mol. The molecule has 6 nitrogen and oxygen atoms in total. The molecule has 3 heterocycles. The van der Waals surface area contributed by atoms with Crippen LogP contribution in [0.25, 0.3) is 5.69 Å². The molecule has 0 bridgehead atoms. The van der Waals surface area contributed by atoms with Gasteiger partial charge in [-0.3, -0.25) is 9.78 Å². The lowest BCUT2D eigenvalue weighted by Gasteiger charge is -2.28. The van der Waals surface area contributed by atoms with Gasteiger partial charge in [-0.1, -0.05) is 49.2 Å². The highest BCUT2D eigenvalue weighted by Crippen LogP contribution is 2.44. The van der Waals surface area contributed by atoms with Crippen LogP contribution in [-0.2, 0) is 4.79 Å². The minimum atomic E-state index is -0.210. The van der Waals surface area contributed by atoms with Gasteiger partial charge < -0.3 is 20.1 Å². The van der Waals surface area contributed by atoms with Gasteiger partial charge in [0.05, 0.1) is 28.5 Å². The number of thiocarbonyl (C=S) groups is 1. The van der Waals surface area contributed by atoms with Crippen molar-refractivity contribution in [2.24, 2.45) is 5.92 Å². The Morgan fingerprint density at radius 3 is 2.49 bits per heavy atom. The molecule has 1 aliphatic rings. The van der Waals surface area contributed by atoms with E-state index in [1.165, 1.54) is 0 Å². The molecule has 2 aromatic heterocycles. The fourth-order valence-electron chi connectivity index (χ4n) is 5.08. The summed E-state index contributed by atoms with van der Waals surface area (Å²) in [6.45, 7) is 7.87. The summed E-state index contributed by atoms with van der Waals surface area (Å²) < 4.78 is 2.20. The van der Waals surface area contributed by atoms with Crippen molar-refractivity contribution in [3.63, 3.8) is 0 Å². The van der Waals surface area contributed by atoms with Gasteiger partial charge in [0.15, 0.2) is 5.11 Å². The first kappa shape index (κ1) is 27.2. The second-order valence-corrected chi connectivity index (χ2v) is 11.2. The molecule has 2 aromatic carbocycles. The Morgan fingerprint density at radius 2 is 1.82 bits per heavy atom. The molecular formula is C30H29Cl2N5OS. The number of anilines is 2. The number of nitrogens with zero attached hydrogens (tertiary/aromatic N) is 3. The summed E-state index contributed by atoms with van der Waals surface area (Å²) in [6.07, 6.45) is 1.79. The summed E-state index contributed by atoms with van der Waals surface area (Å²) in [5.41, 5.74) is 6.50. The molecule has 0 radical (unpaired) electrons. The number of aromatic nitrogens is 2. The first-order valence-corrected chi connectivity index (χ1v) is 13.9. The van der Waals surface area contributed by atoms with Crippen LogP contribution in [0.1, 0.15) is 48.6 Å². The summed E-state index contributed by atoms with van der Waals surface area (Å²) in [6, 6.07) is 21.1. The molecule has 9 heteroatoms. The van der Waals surface area contributed by atoms with E-state index in [0.29, 0.717) is 20.8 Å². The maximum absolute atomic E-state index is 12.3. The van der Waals surface area contributed by atoms with E-state index in [2.05, 4.69) is 45.0 Å². The number of pyridine rings is 1. The number of hydrogen-bond acceptors (Lipinski definition) is 3. The molecule has 2 N–H and O–H groups in total. The minimum Gasteiger partial charge on any atom is -0.351 e. The Morgan fingerprint density at radius 1 is 1.03 bits per heavy atom. The van der Waals surface area contributed by atoms with E-state index in [1.54, 1.807) is 6.20 Å². The second kappa shape index (κ2) is 11.0. The van der Waals surface area contributed by atoms with Crippen molar-refractivity contribution in [1.29, 1.82) is 0 Å². The molecule has 1 aliphatic heterocycles. The average Bonchev–Trinajstić information content (AvgIpc) is 3.40. The summed E-state index contributed by atoms with van der Waals surface area (Å²) in [4.78, 5) is 19.0.